The molecule has 204 valence electrons. The number of carbonyl (C=O) groups excluding carboxylic acids is 1. The molecule has 0 saturated carbocycles. The average Bonchev–Trinajstić information content (AvgIpc) is 3.52. The molecule has 1 aliphatic rings. The van der Waals surface area contributed by atoms with Crippen molar-refractivity contribution in [1.82, 2.24) is 19.7 Å². The zero-order valence-electron chi connectivity index (χ0n) is 22.1. The highest BCUT2D eigenvalue weighted by Crippen LogP contribution is 2.42. The van der Waals surface area contributed by atoms with Gasteiger partial charge in [0.15, 0.2) is 0 Å². The largest absolute Gasteiger partial charge is 0.273 e. The topological polar surface area (TPSA) is 107 Å². The number of halogens is 1. The first-order valence-electron chi connectivity index (χ1n) is 12.7. The molecule has 1 atom stereocenters. The zero-order chi connectivity index (χ0) is 28.7. The SMILES string of the molecule is Cc1nn(-c2ccccc2)c(C)c1-c1cc(-c2ccc(Cl)cc2)nc(N2C(=O)CSC2c2ccc([N+](=O)[O-])cc2)n1. The van der Waals surface area contributed by atoms with Gasteiger partial charge in [0, 0.05) is 28.3 Å². The van der Waals surface area contributed by atoms with Gasteiger partial charge < -0.3 is 0 Å². The first-order chi connectivity index (χ1) is 19.8. The van der Waals surface area contributed by atoms with E-state index in [1.807, 2.05) is 67.1 Å². The highest BCUT2D eigenvalue weighted by atomic mass is 35.5. The monoisotopic (exact) mass is 582 g/mol. The van der Waals surface area contributed by atoms with E-state index in [-0.39, 0.29) is 23.3 Å². The lowest BCUT2D eigenvalue weighted by molar-refractivity contribution is -0.384. The quantitative estimate of drug-likeness (QED) is 0.157. The van der Waals surface area contributed by atoms with Crippen LogP contribution in [0.25, 0.3) is 28.2 Å². The van der Waals surface area contributed by atoms with Gasteiger partial charge in [0.05, 0.1) is 39.1 Å². The molecule has 1 unspecified atom stereocenters. The van der Waals surface area contributed by atoms with Crippen molar-refractivity contribution >= 4 is 40.9 Å². The van der Waals surface area contributed by atoms with Crippen LogP contribution >= 0.6 is 23.4 Å². The minimum Gasteiger partial charge on any atom is -0.273 e. The number of rotatable bonds is 6. The van der Waals surface area contributed by atoms with Crippen LogP contribution in [-0.2, 0) is 4.79 Å². The fraction of sp³-hybridized carbons (Fsp3) is 0.133. The molecule has 1 fully saturated rings. The number of thioether (sulfide) groups is 1. The Morgan fingerprint density at radius 2 is 1.63 bits per heavy atom. The molecule has 0 spiro atoms. The average molecular weight is 583 g/mol. The van der Waals surface area contributed by atoms with E-state index in [2.05, 4.69) is 0 Å². The molecule has 9 nitrogen and oxygen atoms in total. The van der Waals surface area contributed by atoms with E-state index in [0.717, 1.165) is 33.8 Å². The second-order valence-corrected chi connectivity index (χ2v) is 11.0. The molecule has 5 aromatic rings. The van der Waals surface area contributed by atoms with Gasteiger partial charge >= 0.3 is 0 Å². The molecule has 6 rings (SSSR count). The smallest absolute Gasteiger partial charge is 0.269 e. The van der Waals surface area contributed by atoms with Crippen molar-refractivity contribution in [1.29, 1.82) is 0 Å². The first kappa shape index (κ1) is 26.7. The summed E-state index contributed by atoms with van der Waals surface area (Å²) in [5, 5.41) is 16.1. The van der Waals surface area contributed by atoms with Crippen molar-refractivity contribution in [3.05, 3.63) is 117 Å². The van der Waals surface area contributed by atoms with Gasteiger partial charge in [-0.05, 0) is 61.9 Å². The van der Waals surface area contributed by atoms with Crippen molar-refractivity contribution < 1.29 is 9.72 Å². The van der Waals surface area contributed by atoms with Crippen molar-refractivity contribution in [2.24, 2.45) is 0 Å². The number of aryl methyl sites for hydroxylation is 1. The summed E-state index contributed by atoms with van der Waals surface area (Å²) >= 11 is 7.59. The number of benzene rings is 3. The van der Waals surface area contributed by atoms with E-state index in [1.165, 1.54) is 23.9 Å². The Morgan fingerprint density at radius 1 is 0.951 bits per heavy atom. The highest BCUT2D eigenvalue weighted by Gasteiger charge is 2.37. The third-order valence-electron chi connectivity index (χ3n) is 6.87. The fourth-order valence-electron chi connectivity index (χ4n) is 4.92. The number of anilines is 1. The number of nitro groups is 1. The van der Waals surface area contributed by atoms with Gasteiger partial charge in [-0.1, -0.05) is 41.9 Å². The van der Waals surface area contributed by atoms with Crippen molar-refractivity contribution in [2.75, 3.05) is 10.7 Å². The summed E-state index contributed by atoms with van der Waals surface area (Å²) in [5.74, 6) is 0.332. The molecule has 1 amide bonds. The van der Waals surface area contributed by atoms with Crippen LogP contribution in [0.3, 0.4) is 0 Å². The van der Waals surface area contributed by atoms with Gasteiger partial charge in [0.1, 0.15) is 5.37 Å². The summed E-state index contributed by atoms with van der Waals surface area (Å²) in [7, 11) is 0. The van der Waals surface area contributed by atoms with E-state index >= 15 is 0 Å². The van der Waals surface area contributed by atoms with Gasteiger partial charge in [0.2, 0.25) is 11.9 Å². The van der Waals surface area contributed by atoms with Gasteiger partial charge in [-0.25, -0.2) is 14.6 Å². The summed E-state index contributed by atoms with van der Waals surface area (Å²) in [5.41, 5.74) is 6.26. The number of nitrogens with zero attached hydrogens (tertiary/aromatic N) is 6. The minimum atomic E-state index is -0.445. The number of hydrogen-bond acceptors (Lipinski definition) is 7. The number of aromatic nitrogens is 4. The van der Waals surface area contributed by atoms with E-state index in [9.17, 15) is 14.9 Å². The Balaban J connectivity index is 1.50. The van der Waals surface area contributed by atoms with E-state index in [0.29, 0.717) is 16.4 Å². The number of para-hydroxylation sites is 1. The van der Waals surface area contributed by atoms with Crippen LogP contribution in [0.4, 0.5) is 11.6 Å². The molecule has 3 heterocycles. The Morgan fingerprint density at radius 3 is 2.32 bits per heavy atom. The Hall–Kier alpha value is -4.54. The molecule has 0 bridgehead atoms. The number of nitro benzene ring substituents is 1. The van der Waals surface area contributed by atoms with Crippen molar-refractivity contribution in [3.63, 3.8) is 0 Å². The lowest BCUT2D eigenvalue weighted by Crippen LogP contribution is -2.30. The lowest BCUT2D eigenvalue weighted by atomic mass is 10.1. The second kappa shape index (κ2) is 10.8. The van der Waals surface area contributed by atoms with Gasteiger partial charge in [0.25, 0.3) is 5.69 Å². The Kier molecular flexibility index (Phi) is 7.02. The fourth-order valence-corrected chi connectivity index (χ4v) is 6.20. The normalized spacial score (nSPS) is 15.0. The first-order valence-corrected chi connectivity index (χ1v) is 14.2. The lowest BCUT2D eigenvalue weighted by Gasteiger charge is -2.23. The summed E-state index contributed by atoms with van der Waals surface area (Å²) in [6.45, 7) is 3.92. The molecule has 0 radical (unpaired) electrons. The molecule has 41 heavy (non-hydrogen) atoms. The van der Waals surface area contributed by atoms with Crippen LogP contribution in [0.5, 0.6) is 0 Å². The summed E-state index contributed by atoms with van der Waals surface area (Å²) in [6.07, 6.45) is 0. The number of carbonyl (C=O) groups is 1. The molecule has 0 N–H and O–H groups in total. The number of amides is 1. The number of hydrogen-bond donors (Lipinski definition) is 0. The molecule has 2 aromatic heterocycles. The maximum absolute atomic E-state index is 13.3. The minimum absolute atomic E-state index is 0.0146. The van der Waals surface area contributed by atoms with Crippen molar-refractivity contribution in [3.8, 4) is 28.2 Å². The molecule has 1 aliphatic heterocycles. The van der Waals surface area contributed by atoms with Crippen LogP contribution in [0.2, 0.25) is 5.02 Å². The Bertz CT molecular complexity index is 1780. The van der Waals surface area contributed by atoms with E-state index in [1.54, 1.807) is 29.2 Å². The molecular weight excluding hydrogens is 560 g/mol. The van der Waals surface area contributed by atoms with Crippen molar-refractivity contribution in [2.45, 2.75) is 19.2 Å². The maximum atomic E-state index is 13.3. The molecule has 1 saturated heterocycles. The van der Waals surface area contributed by atoms with Gasteiger partial charge in [-0.3, -0.25) is 19.8 Å². The van der Waals surface area contributed by atoms with E-state index in [4.69, 9.17) is 26.7 Å². The second-order valence-electron chi connectivity index (χ2n) is 9.51. The van der Waals surface area contributed by atoms with Gasteiger partial charge in [-0.2, -0.15) is 5.10 Å². The van der Waals surface area contributed by atoms with Crippen LogP contribution in [0, 0.1) is 24.0 Å². The third-order valence-corrected chi connectivity index (χ3v) is 8.34. The summed E-state index contributed by atoms with van der Waals surface area (Å²) < 4.78 is 1.88. The van der Waals surface area contributed by atoms with Crippen LogP contribution in [-0.4, -0.2) is 36.3 Å². The third kappa shape index (κ3) is 5.07. The zero-order valence-corrected chi connectivity index (χ0v) is 23.6. The standard InChI is InChI=1S/C30H23ClN6O3S/c1-18-28(19(2)36(34-18)23-6-4-3-5-7-23)26-16-25(20-8-12-22(31)13-9-20)32-30(33-26)35-27(38)17-41-29(35)21-10-14-24(15-11-21)37(39)40/h3-16,29H,17H2,1-2H3. The van der Waals surface area contributed by atoms with Gasteiger partial charge in [-0.15, -0.1) is 11.8 Å². The summed E-state index contributed by atoms with van der Waals surface area (Å²) in [6, 6.07) is 25.3. The molecular formula is C30H23ClN6O3S. The number of non-ortho nitro benzene ring substituents is 1. The molecule has 0 aliphatic carbocycles. The molecule has 3 aromatic carbocycles. The predicted molar refractivity (Wildman–Crippen MR) is 160 cm³/mol. The van der Waals surface area contributed by atoms with Crippen LogP contribution in [0.15, 0.2) is 84.9 Å². The van der Waals surface area contributed by atoms with Crippen LogP contribution < -0.4 is 4.90 Å². The maximum Gasteiger partial charge on any atom is 0.269 e. The predicted octanol–water partition coefficient (Wildman–Crippen LogP) is 6.95. The highest BCUT2D eigenvalue weighted by molar-refractivity contribution is 8.00. The van der Waals surface area contributed by atoms with E-state index < -0.39 is 10.3 Å². The van der Waals surface area contributed by atoms with Crippen LogP contribution in [0.1, 0.15) is 22.3 Å². The summed E-state index contributed by atoms with van der Waals surface area (Å²) in [4.78, 5) is 35.4. The molecule has 11 heteroatoms. The Labute approximate surface area is 245 Å².